The van der Waals surface area contributed by atoms with Crippen molar-refractivity contribution in [1.29, 1.82) is 0 Å². The molecule has 1 amide bonds. The van der Waals surface area contributed by atoms with Gasteiger partial charge in [0.25, 0.3) is 5.91 Å². The molecule has 0 unspecified atom stereocenters. The zero-order chi connectivity index (χ0) is 20.0. The van der Waals surface area contributed by atoms with E-state index in [9.17, 15) is 4.79 Å². The van der Waals surface area contributed by atoms with Gasteiger partial charge in [0.05, 0.1) is 0 Å². The third kappa shape index (κ3) is 6.41. The van der Waals surface area contributed by atoms with E-state index in [-0.39, 0.29) is 17.9 Å². The van der Waals surface area contributed by atoms with Gasteiger partial charge in [-0.25, -0.2) is 0 Å². The Morgan fingerprint density at radius 2 is 1.75 bits per heavy atom. The van der Waals surface area contributed by atoms with Crippen LogP contribution in [0.2, 0.25) is 0 Å². The molecule has 0 aliphatic carbocycles. The van der Waals surface area contributed by atoms with Crippen LogP contribution in [0.1, 0.15) is 52.0 Å². The van der Waals surface area contributed by atoms with Crippen molar-refractivity contribution in [2.45, 2.75) is 57.9 Å². The minimum absolute atomic E-state index is 0.0216. The van der Waals surface area contributed by atoms with Crippen molar-refractivity contribution in [2.75, 3.05) is 37.7 Å². The standard InChI is InChI=1S/C23H36N2O2S/c1-23(2,3)19-4-6-21(7-5-19)27-17-22(26)24-16-18-8-12-25(13-9-18)20-10-14-28-15-11-20/h4-7,18,20H,8-17H2,1-3H3,(H,24,26). The zero-order valence-electron chi connectivity index (χ0n) is 17.7. The Balaban J connectivity index is 1.32. The summed E-state index contributed by atoms with van der Waals surface area (Å²) in [5, 5.41) is 3.07. The number of rotatable bonds is 6. The van der Waals surface area contributed by atoms with E-state index in [1.165, 1.54) is 55.8 Å². The maximum absolute atomic E-state index is 12.1. The summed E-state index contributed by atoms with van der Waals surface area (Å²) in [6, 6.07) is 8.86. The van der Waals surface area contributed by atoms with Gasteiger partial charge in [0.2, 0.25) is 0 Å². The second kappa shape index (κ2) is 10.0. The van der Waals surface area contributed by atoms with Gasteiger partial charge in [-0.05, 0) is 79.3 Å². The lowest BCUT2D eigenvalue weighted by Gasteiger charge is -2.39. The average molecular weight is 405 g/mol. The number of likely N-dealkylation sites (tertiary alicyclic amines) is 1. The fraction of sp³-hybridized carbons (Fsp3) is 0.696. The summed E-state index contributed by atoms with van der Waals surface area (Å²) in [6.07, 6.45) is 5.08. The second-order valence-electron chi connectivity index (χ2n) is 9.19. The van der Waals surface area contributed by atoms with Gasteiger partial charge in [-0.2, -0.15) is 11.8 Å². The molecule has 0 radical (unpaired) electrons. The van der Waals surface area contributed by atoms with Crippen LogP contribution in [0.15, 0.2) is 24.3 Å². The first-order valence-electron chi connectivity index (χ1n) is 10.7. The molecule has 1 N–H and O–H groups in total. The molecule has 0 spiro atoms. The lowest BCUT2D eigenvalue weighted by atomic mass is 9.87. The Hall–Kier alpha value is -1.20. The normalized spacial score (nSPS) is 20.1. The highest BCUT2D eigenvalue weighted by Gasteiger charge is 2.26. The molecule has 0 bridgehead atoms. The van der Waals surface area contributed by atoms with Gasteiger partial charge in [0.1, 0.15) is 5.75 Å². The van der Waals surface area contributed by atoms with E-state index in [1.54, 1.807) is 0 Å². The predicted octanol–water partition coefficient (Wildman–Crippen LogP) is 4.09. The molecule has 3 rings (SSSR count). The van der Waals surface area contributed by atoms with Crippen LogP contribution in [-0.2, 0) is 10.2 Å². The monoisotopic (exact) mass is 404 g/mol. The van der Waals surface area contributed by atoms with E-state index >= 15 is 0 Å². The van der Waals surface area contributed by atoms with E-state index in [1.807, 2.05) is 12.1 Å². The third-order valence-electron chi connectivity index (χ3n) is 6.03. The summed E-state index contributed by atoms with van der Waals surface area (Å²) in [5.41, 5.74) is 1.39. The van der Waals surface area contributed by atoms with E-state index < -0.39 is 0 Å². The van der Waals surface area contributed by atoms with E-state index in [2.05, 4.69) is 54.9 Å². The van der Waals surface area contributed by atoms with E-state index in [4.69, 9.17) is 4.74 Å². The van der Waals surface area contributed by atoms with Gasteiger partial charge in [-0.3, -0.25) is 4.79 Å². The van der Waals surface area contributed by atoms with Crippen LogP contribution in [0, 0.1) is 5.92 Å². The average Bonchev–Trinajstić information content (AvgIpc) is 2.71. The first kappa shape index (κ1) is 21.5. The predicted molar refractivity (Wildman–Crippen MR) is 118 cm³/mol. The lowest BCUT2D eigenvalue weighted by Crippen LogP contribution is -2.45. The molecule has 2 aliphatic heterocycles. The minimum atomic E-state index is -0.0216. The summed E-state index contributed by atoms with van der Waals surface area (Å²) >= 11 is 2.09. The second-order valence-corrected chi connectivity index (χ2v) is 10.4. The maximum Gasteiger partial charge on any atom is 0.257 e. The first-order chi connectivity index (χ1) is 13.4. The highest BCUT2D eigenvalue weighted by atomic mass is 32.2. The van der Waals surface area contributed by atoms with Gasteiger partial charge in [-0.15, -0.1) is 0 Å². The number of hydrogen-bond acceptors (Lipinski definition) is 4. The number of carbonyl (C=O) groups excluding carboxylic acids is 1. The van der Waals surface area contributed by atoms with Crippen LogP contribution in [0.3, 0.4) is 0 Å². The van der Waals surface area contributed by atoms with Crippen molar-refractivity contribution in [3.8, 4) is 5.75 Å². The molecule has 2 saturated heterocycles. The molecule has 4 nitrogen and oxygen atoms in total. The SMILES string of the molecule is CC(C)(C)c1ccc(OCC(=O)NCC2CCN(C3CCSCC3)CC2)cc1. The van der Waals surface area contributed by atoms with E-state index in [0.29, 0.717) is 5.92 Å². The number of nitrogens with one attached hydrogen (secondary N) is 1. The summed E-state index contributed by atoms with van der Waals surface area (Å²) in [6.45, 7) is 9.81. The topological polar surface area (TPSA) is 41.6 Å². The molecule has 0 aromatic heterocycles. The van der Waals surface area contributed by atoms with Crippen LogP contribution in [0.25, 0.3) is 0 Å². The Morgan fingerprint density at radius 3 is 2.36 bits per heavy atom. The van der Waals surface area contributed by atoms with Crippen molar-refractivity contribution in [3.05, 3.63) is 29.8 Å². The molecule has 2 aliphatic rings. The Bertz CT molecular complexity index is 612. The Kier molecular flexibility index (Phi) is 7.69. The number of piperidine rings is 1. The van der Waals surface area contributed by atoms with Crippen LogP contribution in [0.5, 0.6) is 5.75 Å². The summed E-state index contributed by atoms with van der Waals surface area (Å²) in [5.74, 6) is 3.97. The number of thioether (sulfide) groups is 1. The van der Waals surface area contributed by atoms with Crippen molar-refractivity contribution in [3.63, 3.8) is 0 Å². The number of ether oxygens (including phenoxy) is 1. The summed E-state index contributed by atoms with van der Waals surface area (Å²) in [4.78, 5) is 14.8. The largest absolute Gasteiger partial charge is 0.484 e. The number of nitrogens with zero attached hydrogens (tertiary/aromatic N) is 1. The molecule has 0 atom stereocenters. The van der Waals surface area contributed by atoms with Crippen molar-refractivity contribution >= 4 is 17.7 Å². The molecule has 1 aromatic rings. The van der Waals surface area contributed by atoms with Gasteiger partial charge < -0.3 is 15.0 Å². The fourth-order valence-electron chi connectivity index (χ4n) is 4.08. The maximum atomic E-state index is 12.1. The highest BCUT2D eigenvalue weighted by Crippen LogP contribution is 2.26. The fourth-order valence-corrected chi connectivity index (χ4v) is 5.16. The molecular weight excluding hydrogens is 368 g/mol. The van der Waals surface area contributed by atoms with Crippen molar-refractivity contribution < 1.29 is 9.53 Å². The van der Waals surface area contributed by atoms with Gasteiger partial charge in [-0.1, -0.05) is 32.9 Å². The number of carbonyl (C=O) groups is 1. The molecule has 2 heterocycles. The number of benzene rings is 1. The van der Waals surface area contributed by atoms with Crippen molar-refractivity contribution in [2.24, 2.45) is 5.92 Å². The first-order valence-corrected chi connectivity index (χ1v) is 11.9. The van der Waals surface area contributed by atoms with Crippen LogP contribution < -0.4 is 10.1 Å². The molecular formula is C23H36N2O2S. The van der Waals surface area contributed by atoms with E-state index in [0.717, 1.165) is 18.3 Å². The van der Waals surface area contributed by atoms with Crippen molar-refractivity contribution in [1.82, 2.24) is 10.2 Å². The van der Waals surface area contributed by atoms with Crippen LogP contribution in [-0.4, -0.2) is 54.6 Å². The molecule has 1 aromatic carbocycles. The quantitative estimate of drug-likeness (QED) is 0.775. The lowest BCUT2D eigenvalue weighted by molar-refractivity contribution is -0.123. The van der Waals surface area contributed by atoms with Crippen LogP contribution in [0.4, 0.5) is 0 Å². The molecule has 2 fully saturated rings. The van der Waals surface area contributed by atoms with Crippen LogP contribution >= 0.6 is 11.8 Å². The molecule has 5 heteroatoms. The van der Waals surface area contributed by atoms with Gasteiger partial charge in [0.15, 0.2) is 6.61 Å². The minimum Gasteiger partial charge on any atom is -0.484 e. The zero-order valence-corrected chi connectivity index (χ0v) is 18.5. The Morgan fingerprint density at radius 1 is 1.11 bits per heavy atom. The molecule has 0 saturated carbocycles. The van der Waals surface area contributed by atoms with Gasteiger partial charge in [0, 0.05) is 12.6 Å². The molecule has 156 valence electrons. The van der Waals surface area contributed by atoms with Gasteiger partial charge >= 0.3 is 0 Å². The summed E-state index contributed by atoms with van der Waals surface area (Å²) < 4.78 is 5.65. The molecule has 28 heavy (non-hydrogen) atoms. The highest BCUT2D eigenvalue weighted by molar-refractivity contribution is 7.99. The number of hydrogen-bond donors (Lipinski definition) is 1. The third-order valence-corrected chi connectivity index (χ3v) is 7.08. The smallest absolute Gasteiger partial charge is 0.257 e. The number of amides is 1. The summed E-state index contributed by atoms with van der Waals surface area (Å²) in [7, 11) is 0. The Labute approximate surface area is 174 Å².